The molecule has 0 aliphatic carbocycles. The van der Waals surface area contributed by atoms with Crippen LogP contribution < -0.4 is 11.1 Å². The van der Waals surface area contributed by atoms with E-state index in [2.05, 4.69) is 15.5 Å². The average molecular weight is 297 g/mol. The Bertz CT molecular complexity index is 587. The van der Waals surface area contributed by atoms with Gasteiger partial charge in [-0.3, -0.25) is 4.79 Å². The van der Waals surface area contributed by atoms with Crippen LogP contribution in [-0.4, -0.2) is 22.6 Å². The molecule has 2 aromatic rings. The highest BCUT2D eigenvalue weighted by Gasteiger charge is 2.14. The molecular formula is C12H13ClN4OS. The molecule has 0 radical (unpaired) electrons. The normalized spacial score (nSPS) is 12.2. The van der Waals surface area contributed by atoms with Gasteiger partial charge in [0.2, 0.25) is 11.0 Å². The molecule has 1 heterocycles. The molecule has 0 saturated carbocycles. The van der Waals surface area contributed by atoms with Crippen molar-refractivity contribution in [2.24, 2.45) is 11.7 Å². The number of hydrogen-bond acceptors (Lipinski definition) is 5. The number of nitrogens with one attached hydrogen (secondary N) is 1. The summed E-state index contributed by atoms with van der Waals surface area (Å²) in [7, 11) is 0. The van der Waals surface area contributed by atoms with E-state index in [0.717, 1.165) is 5.56 Å². The van der Waals surface area contributed by atoms with E-state index < -0.39 is 0 Å². The van der Waals surface area contributed by atoms with Gasteiger partial charge in [-0.05, 0) is 12.1 Å². The molecule has 1 unspecified atom stereocenters. The Labute approximate surface area is 119 Å². The van der Waals surface area contributed by atoms with Crippen LogP contribution >= 0.6 is 22.9 Å². The summed E-state index contributed by atoms with van der Waals surface area (Å²) in [5, 5.41) is 12.5. The molecule has 1 aromatic carbocycles. The third-order valence-corrected chi connectivity index (χ3v) is 3.65. The Hall–Kier alpha value is -1.50. The quantitative estimate of drug-likeness (QED) is 0.908. The molecule has 5 nitrogen and oxygen atoms in total. The van der Waals surface area contributed by atoms with Gasteiger partial charge >= 0.3 is 0 Å². The van der Waals surface area contributed by atoms with Crippen molar-refractivity contribution >= 4 is 34.0 Å². The maximum atomic E-state index is 11.7. The standard InChI is InChI=1S/C12H13ClN4OS/c1-7(6-14)10(18)15-12-17-16-11(19-12)8-3-2-4-9(13)5-8/h2-5,7H,6,14H2,1H3,(H,15,17,18). The van der Waals surface area contributed by atoms with Crippen LogP contribution in [0.1, 0.15) is 6.92 Å². The fraction of sp³-hybridized carbons (Fsp3) is 0.250. The molecule has 3 N–H and O–H groups in total. The van der Waals surface area contributed by atoms with Gasteiger partial charge in [0.1, 0.15) is 5.01 Å². The summed E-state index contributed by atoms with van der Waals surface area (Å²) >= 11 is 7.22. The summed E-state index contributed by atoms with van der Waals surface area (Å²) in [4.78, 5) is 11.7. The van der Waals surface area contributed by atoms with Crippen molar-refractivity contribution in [3.63, 3.8) is 0 Å². The van der Waals surface area contributed by atoms with E-state index in [1.54, 1.807) is 19.1 Å². The molecule has 19 heavy (non-hydrogen) atoms. The number of benzene rings is 1. The minimum absolute atomic E-state index is 0.156. The molecule has 0 saturated heterocycles. The van der Waals surface area contributed by atoms with Gasteiger partial charge in [-0.1, -0.05) is 42.0 Å². The van der Waals surface area contributed by atoms with Crippen molar-refractivity contribution in [3.05, 3.63) is 29.3 Å². The lowest BCUT2D eigenvalue weighted by Crippen LogP contribution is -2.26. The summed E-state index contributed by atoms with van der Waals surface area (Å²) in [6.07, 6.45) is 0. The molecule has 0 aliphatic heterocycles. The smallest absolute Gasteiger partial charge is 0.230 e. The number of rotatable bonds is 4. The molecule has 1 amide bonds. The van der Waals surface area contributed by atoms with E-state index in [4.69, 9.17) is 17.3 Å². The molecule has 0 aliphatic rings. The molecule has 1 atom stereocenters. The lowest BCUT2D eigenvalue weighted by atomic mass is 10.2. The number of aromatic nitrogens is 2. The topological polar surface area (TPSA) is 80.9 Å². The zero-order valence-electron chi connectivity index (χ0n) is 10.3. The minimum atomic E-state index is -0.251. The fourth-order valence-electron chi connectivity index (χ4n) is 1.35. The van der Waals surface area contributed by atoms with Crippen molar-refractivity contribution in [3.8, 4) is 10.6 Å². The number of halogens is 1. The Morgan fingerprint density at radius 2 is 2.32 bits per heavy atom. The van der Waals surface area contributed by atoms with Crippen molar-refractivity contribution in [2.75, 3.05) is 11.9 Å². The Morgan fingerprint density at radius 1 is 1.53 bits per heavy atom. The zero-order chi connectivity index (χ0) is 13.8. The number of nitrogens with zero attached hydrogens (tertiary/aromatic N) is 2. The Kier molecular flexibility index (Phi) is 4.47. The van der Waals surface area contributed by atoms with Crippen LogP contribution in [0.15, 0.2) is 24.3 Å². The highest BCUT2D eigenvalue weighted by atomic mass is 35.5. The number of anilines is 1. The first-order valence-corrected chi connectivity index (χ1v) is 6.90. The van der Waals surface area contributed by atoms with Crippen LogP contribution in [0.2, 0.25) is 5.02 Å². The van der Waals surface area contributed by atoms with E-state index >= 15 is 0 Å². The molecule has 1 aromatic heterocycles. The monoisotopic (exact) mass is 296 g/mol. The summed E-state index contributed by atoms with van der Waals surface area (Å²) in [5.74, 6) is -0.408. The lowest BCUT2D eigenvalue weighted by molar-refractivity contribution is -0.119. The maximum absolute atomic E-state index is 11.7. The lowest BCUT2D eigenvalue weighted by Gasteiger charge is -2.06. The molecule has 0 spiro atoms. The van der Waals surface area contributed by atoms with Gasteiger partial charge in [0.15, 0.2) is 0 Å². The van der Waals surface area contributed by atoms with Gasteiger partial charge in [-0.15, -0.1) is 10.2 Å². The van der Waals surface area contributed by atoms with Crippen molar-refractivity contribution < 1.29 is 4.79 Å². The molecular weight excluding hydrogens is 284 g/mol. The zero-order valence-corrected chi connectivity index (χ0v) is 11.8. The largest absolute Gasteiger partial charge is 0.330 e. The first-order valence-electron chi connectivity index (χ1n) is 5.70. The van der Waals surface area contributed by atoms with Crippen LogP contribution in [0, 0.1) is 5.92 Å². The maximum Gasteiger partial charge on any atom is 0.230 e. The predicted octanol–water partition coefficient (Wildman–Crippen LogP) is 2.39. The number of hydrogen-bond donors (Lipinski definition) is 2. The van der Waals surface area contributed by atoms with Gasteiger partial charge in [-0.2, -0.15) is 0 Å². The van der Waals surface area contributed by atoms with E-state index in [9.17, 15) is 4.79 Å². The van der Waals surface area contributed by atoms with Gasteiger partial charge in [0, 0.05) is 23.0 Å². The second-order valence-corrected chi connectivity index (χ2v) is 5.46. The van der Waals surface area contributed by atoms with Crippen molar-refractivity contribution in [2.45, 2.75) is 6.92 Å². The van der Waals surface area contributed by atoms with E-state index in [1.165, 1.54) is 11.3 Å². The third-order valence-electron chi connectivity index (χ3n) is 2.53. The SMILES string of the molecule is CC(CN)C(=O)Nc1nnc(-c2cccc(Cl)c2)s1. The number of carbonyl (C=O) groups excluding carboxylic acids is 1. The van der Waals surface area contributed by atoms with Crippen LogP contribution in [0.4, 0.5) is 5.13 Å². The number of nitrogens with two attached hydrogens (primary N) is 1. The van der Waals surface area contributed by atoms with Gasteiger partial charge in [0.05, 0.1) is 0 Å². The molecule has 2 rings (SSSR count). The van der Waals surface area contributed by atoms with E-state index in [0.29, 0.717) is 21.7 Å². The van der Waals surface area contributed by atoms with Crippen LogP contribution in [0.25, 0.3) is 10.6 Å². The Morgan fingerprint density at radius 3 is 3.00 bits per heavy atom. The summed E-state index contributed by atoms with van der Waals surface area (Å²) in [5.41, 5.74) is 6.30. The number of carbonyl (C=O) groups is 1. The Balaban J connectivity index is 2.13. The van der Waals surface area contributed by atoms with E-state index in [1.807, 2.05) is 12.1 Å². The summed E-state index contributed by atoms with van der Waals surface area (Å²) < 4.78 is 0. The van der Waals surface area contributed by atoms with Crippen molar-refractivity contribution in [1.29, 1.82) is 0 Å². The van der Waals surface area contributed by atoms with Crippen LogP contribution in [0.5, 0.6) is 0 Å². The third kappa shape index (κ3) is 3.50. The highest BCUT2D eigenvalue weighted by molar-refractivity contribution is 7.18. The van der Waals surface area contributed by atoms with Gasteiger partial charge in [-0.25, -0.2) is 0 Å². The predicted molar refractivity (Wildman–Crippen MR) is 77.2 cm³/mol. The van der Waals surface area contributed by atoms with E-state index in [-0.39, 0.29) is 11.8 Å². The van der Waals surface area contributed by atoms with Gasteiger partial charge in [0.25, 0.3) is 0 Å². The first kappa shape index (κ1) is 13.9. The second-order valence-electron chi connectivity index (χ2n) is 4.05. The number of amides is 1. The molecule has 100 valence electrons. The van der Waals surface area contributed by atoms with Crippen LogP contribution in [0.3, 0.4) is 0 Å². The fourth-order valence-corrected chi connectivity index (χ4v) is 2.28. The second kappa shape index (κ2) is 6.10. The van der Waals surface area contributed by atoms with Crippen LogP contribution in [-0.2, 0) is 4.79 Å². The summed E-state index contributed by atoms with van der Waals surface area (Å²) in [6.45, 7) is 2.06. The average Bonchev–Trinajstić information content (AvgIpc) is 2.86. The molecule has 0 bridgehead atoms. The summed E-state index contributed by atoms with van der Waals surface area (Å²) in [6, 6.07) is 7.32. The van der Waals surface area contributed by atoms with Crippen molar-refractivity contribution in [1.82, 2.24) is 10.2 Å². The molecule has 7 heteroatoms. The first-order chi connectivity index (χ1) is 9.10. The molecule has 0 fully saturated rings. The van der Waals surface area contributed by atoms with Gasteiger partial charge < -0.3 is 11.1 Å². The highest BCUT2D eigenvalue weighted by Crippen LogP contribution is 2.28. The minimum Gasteiger partial charge on any atom is -0.330 e.